The fraction of sp³-hybridized carbons (Fsp3) is 0.647. The molecule has 1 atom stereocenters. The summed E-state index contributed by atoms with van der Waals surface area (Å²) in [7, 11) is 2.04. The van der Waals surface area contributed by atoms with Gasteiger partial charge in [0.05, 0.1) is 13.2 Å². The molecule has 1 unspecified atom stereocenters. The zero-order chi connectivity index (χ0) is 15.0. The minimum absolute atomic E-state index is 0.553. The Balaban J connectivity index is 2.73. The van der Waals surface area contributed by atoms with E-state index < -0.39 is 0 Å². The molecule has 0 aliphatic carbocycles. The lowest BCUT2D eigenvalue weighted by Crippen LogP contribution is -2.30. The molecule has 20 heavy (non-hydrogen) atoms. The molecule has 1 aromatic rings. The van der Waals surface area contributed by atoms with E-state index in [1.165, 1.54) is 5.56 Å². The monoisotopic (exact) mass is 279 g/mol. The Kier molecular flexibility index (Phi) is 7.45. The topological polar surface area (TPSA) is 30.5 Å². The number of rotatable bonds is 9. The van der Waals surface area contributed by atoms with Crippen LogP contribution in [0.15, 0.2) is 18.2 Å². The van der Waals surface area contributed by atoms with E-state index in [-0.39, 0.29) is 0 Å². The van der Waals surface area contributed by atoms with E-state index in [4.69, 9.17) is 9.47 Å². The lowest BCUT2D eigenvalue weighted by Gasteiger charge is -2.20. The van der Waals surface area contributed by atoms with Gasteiger partial charge in [-0.1, -0.05) is 19.9 Å². The van der Waals surface area contributed by atoms with Crippen LogP contribution in [0.1, 0.15) is 39.7 Å². The lowest BCUT2D eigenvalue weighted by atomic mass is 9.97. The Hall–Kier alpha value is -1.22. The molecule has 3 heteroatoms. The van der Waals surface area contributed by atoms with Gasteiger partial charge < -0.3 is 14.8 Å². The van der Waals surface area contributed by atoms with E-state index >= 15 is 0 Å². The molecule has 0 bridgehead atoms. The molecule has 0 amide bonds. The molecule has 1 rings (SSSR count). The van der Waals surface area contributed by atoms with Crippen LogP contribution in [0.3, 0.4) is 0 Å². The van der Waals surface area contributed by atoms with Crippen LogP contribution < -0.4 is 14.8 Å². The van der Waals surface area contributed by atoms with Crippen LogP contribution in [0.2, 0.25) is 0 Å². The van der Waals surface area contributed by atoms with Crippen molar-refractivity contribution in [3.63, 3.8) is 0 Å². The van der Waals surface area contributed by atoms with Gasteiger partial charge in [0.1, 0.15) is 0 Å². The van der Waals surface area contributed by atoms with Crippen LogP contribution in [0.25, 0.3) is 0 Å². The molecular weight excluding hydrogens is 250 g/mol. The summed E-state index contributed by atoms with van der Waals surface area (Å²) in [6.45, 7) is 9.82. The first-order valence-corrected chi connectivity index (χ1v) is 7.68. The maximum atomic E-state index is 5.67. The molecule has 0 radical (unpaired) electrons. The molecule has 0 aromatic heterocycles. The molecule has 0 aliphatic rings. The second-order valence-corrected chi connectivity index (χ2v) is 5.32. The van der Waals surface area contributed by atoms with E-state index in [1.807, 2.05) is 27.0 Å². The van der Waals surface area contributed by atoms with Crippen LogP contribution in [0, 0.1) is 5.92 Å². The molecule has 0 spiro atoms. The normalized spacial score (nSPS) is 12.5. The predicted octanol–water partition coefficient (Wildman–Crippen LogP) is 3.66. The molecule has 0 saturated carbocycles. The van der Waals surface area contributed by atoms with Crippen LogP contribution in [0.4, 0.5) is 0 Å². The summed E-state index contributed by atoms with van der Waals surface area (Å²) < 4.78 is 11.3. The molecule has 1 aromatic carbocycles. The minimum atomic E-state index is 0.553. The van der Waals surface area contributed by atoms with Gasteiger partial charge in [-0.3, -0.25) is 0 Å². The summed E-state index contributed by atoms with van der Waals surface area (Å²) in [6, 6.07) is 6.83. The summed E-state index contributed by atoms with van der Waals surface area (Å²) >= 11 is 0. The third-order valence-electron chi connectivity index (χ3n) is 3.53. The van der Waals surface area contributed by atoms with E-state index in [0.717, 1.165) is 24.3 Å². The van der Waals surface area contributed by atoms with Crippen molar-refractivity contribution in [2.45, 2.75) is 46.6 Å². The first kappa shape index (κ1) is 16.8. The Morgan fingerprint density at radius 3 is 2.25 bits per heavy atom. The van der Waals surface area contributed by atoms with Crippen LogP contribution >= 0.6 is 0 Å². The number of aryl methyl sites for hydroxylation is 1. The van der Waals surface area contributed by atoms with Crippen molar-refractivity contribution in [2.24, 2.45) is 5.92 Å². The number of hydrogen-bond acceptors (Lipinski definition) is 3. The Morgan fingerprint density at radius 1 is 1.05 bits per heavy atom. The van der Waals surface area contributed by atoms with E-state index in [0.29, 0.717) is 25.2 Å². The van der Waals surface area contributed by atoms with Gasteiger partial charge in [0.2, 0.25) is 0 Å². The van der Waals surface area contributed by atoms with Crippen molar-refractivity contribution in [3.8, 4) is 11.5 Å². The zero-order valence-corrected chi connectivity index (χ0v) is 13.5. The predicted molar refractivity (Wildman–Crippen MR) is 84.8 cm³/mol. The number of ether oxygens (including phenoxy) is 2. The van der Waals surface area contributed by atoms with Crippen molar-refractivity contribution < 1.29 is 9.47 Å². The summed E-state index contributed by atoms with van der Waals surface area (Å²) in [4.78, 5) is 0. The maximum absolute atomic E-state index is 5.67. The van der Waals surface area contributed by atoms with Crippen LogP contribution in [-0.2, 0) is 6.42 Å². The first-order chi connectivity index (χ1) is 9.62. The smallest absolute Gasteiger partial charge is 0.161 e. The molecule has 114 valence electrons. The highest BCUT2D eigenvalue weighted by Gasteiger charge is 2.12. The fourth-order valence-electron chi connectivity index (χ4n) is 2.38. The maximum Gasteiger partial charge on any atom is 0.161 e. The molecule has 0 aliphatic heterocycles. The fourth-order valence-corrected chi connectivity index (χ4v) is 2.38. The van der Waals surface area contributed by atoms with Crippen molar-refractivity contribution in [1.29, 1.82) is 0 Å². The molecule has 0 saturated heterocycles. The summed E-state index contributed by atoms with van der Waals surface area (Å²) in [6.07, 6.45) is 2.18. The highest BCUT2D eigenvalue weighted by atomic mass is 16.5. The lowest BCUT2D eigenvalue weighted by molar-refractivity contribution is 0.287. The highest BCUT2D eigenvalue weighted by Crippen LogP contribution is 2.29. The quantitative estimate of drug-likeness (QED) is 0.748. The van der Waals surface area contributed by atoms with E-state index in [2.05, 4.69) is 31.3 Å². The third kappa shape index (κ3) is 5.04. The molecule has 0 fully saturated rings. The van der Waals surface area contributed by atoms with Crippen molar-refractivity contribution in [1.82, 2.24) is 5.32 Å². The van der Waals surface area contributed by atoms with Crippen LogP contribution in [-0.4, -0.2) is 26.3 Å². The Morgan fingerprint density at radius 2 is 1.70 bits per heavy atom. The van der Waals surface area contributed by atoms with Crippen molar-refractivity contribution in [2.75, 3.05) is 20.3 Å². The zero-order valence-electron chi connectivity index (χ0n) is 13.5. The first-order valence-electron chi connectivity index (χ1n) is 7.68. The van der Waals surface area contributed by atoms with Gasteiger partial charge in [0.25, 0.3) is 0 Å². The SMILES string of the molecule is CCOc1ccc(CCC(NC)C(C)C)cc1OCC. The van der Waals surface area contributed by atoms with E-state index in [1.54, 1.807) is 0 Å². The second-order valence-electron chi connectivity index (χ2n) is 5.32. The summed E-state index contributed by atoms with van der Waals surface area (Å²) in [5.41, 5.74) is 1.30. The minimum Gasteiger partial charge on any atom is -0.490 e. The van der Waals surface area contributed by atoms with Crippen molar-refractivity contribution in [3.05, 3.63) is 23.8 Å². The molecule has 0 heterocycles. The van der Waals surface area contributed by atoms with Gasteiger partial charge in [0, 0.05) is 6.04 Å². The summed E-state index contributed by atoms with van der Waals surface area (Å²) in [5.74, 6) is 2.35. The van der Waals surface area contributed by atoms with Gasteiger partial charge in [0.15, 0.2) is 11.5 Å². The van der Waals surface area contributed by atoms with Gasteiger partial charge in [-0.15, -0.1) is 0 Å². The standard InChI is InChI=1S/C17H29NO2/c1-6-19-16-11-9-14(12-17(16)20-7-2)8-10-15(18-5)13(3)4/h9,11-13,15,18H,6-8,10H2,1-5H3. The highest BCUT2D eigenvalue weighted by molar-refractivity contribution is 5.43. The number of hydrogen-bond donors (Lipinski definition) is 1. The van der Waals surface area contributed by atoms with E-state index in [9.17, 15) is 0 Å². The average molecular weight is 279 g/mol. The van der Waals surface area contributed by atoms with Gasteiger partial charge in [-0.2, -0.15) is 0 Å². The average Bonchev–Trinajstić information content (AvgIpc) is 2.42. The number of benzene rings is 1. The Labute approximate surface area is 123 Å². The van der Waals surface area contributed by atoms with Gasteiger partial charge in [-0.05, 0) is 57.4 Å². The molecule has 3 nitrogen and oxygen atoms in total. The molecular formula is C17H29NO2. The largest absolute Gasteiger partial charge is 0.490 e. The number of nitrogens with one attached hydrogen (secondary N) is 1. The van der Waals surface area contributed by atoms with Gasteiger partial charge in [-0.25, -0.2) is 0 Å². The van der Waals surface area contributed by atoms with Crippen LogP contribution in [0.5, 0.6) is 11.5 Å². The summed E-state index contributed by atoms with van der Waals surface area (Å²) in [5, 5.41) is 3.39. The Bertz CT molecular complexity index is 391. The second kappa shape index (κ2) is 8.85. The third-order valence-corrected chi connectivity index (χ3v) is 3.53. The molecule has 1 N–H and O–H groups in total. The van der Waals surface area contributed by atoms with Crippen molar-refractivity contribution >= 4 is 0 Å². The van der Waals surface area contributed by atoms with Gasteiger partial charge >= 0.3 is 0 Å².